The number of carbonyl (C=O) groups is 1. The Balaban J connectivity index is 2.20. The van der Waals surface area contributed by atoms with Crippen molar-refractivity contribution in [3.05, 3.63) is 29.6 Å². The van der Waals surface area contributed by atoms with Crippen molar-refractivity contribution >= 4 is 5.91 Å². The van der Waals surface area contributed by atoms with Gasteiger partial charge in [-0.15, -0.1) is 0 Å². The number of ether oxygens (including phenoxy) is 1. The van der Waals surface area contributed by atoms with E-state index in [2.05, 4.69) is 23.7 Å². The first kappa shape index (κ1) is 14.5. The molecule has 5 nitrogen and oxygen atoms in total. The molecule has 0 saturated carbocycles. The molecule has 2 N–H and O–H groups in total. The fraction of sp³-hybridized carbons (Fsp3) is 0.467. The van der Waals surface area contributed by atoms with Gasteiger partial charge in [-0.25, -0.2) is 4.98 Å². The monoisotopic (exact) mass is 273 g/mol. The van der Waals surface area contributed by atoms with E-state index in [4.69, 9.17) is 10.5 Å². The van der Waals surface area contributed by atoms with Crippen molar-refractivity contribution in [2.75, 3.05) is 26.2 Å². The van der Waals surface area contributed by atoms with Gasteiger partial charge >= 0.3 is 0 Å². The second kappa shape index (κ2) is 7.04. The lowest BCUT2D eigenvalue weighted by Crippen LogP contribution is -2.45. The fourth-order valence-electron chi connectivity index (χ4n) is 2.12. The van der Waals surface area contributed by atoms with Crippen LogP contribution in [0, 0.1) is 11.8 Å². The number of morpholine rings is 1. The Morgan fingerprint density at radius 1 is 1.65 bits per heavy atom. The Hall–Kier alpha value is -1.90. The van der Waals surface area contributed by atoms with Gasteiger partial charge in [-0.1, -0.05) is 18.8 Å². The first-order valence-electron chi connectivity index (χ1n) is 6.81. The molecule has 1 fully saturated rings. The Labute approximate surface area is 119 Å². The maximum Gasteiger partial charge on any atom is 0.273 e. The van der Waals surface area contributed by atoms with Crippen LogP contribution >= 0.6 is 0 Å². The molecule has 0 radical (unpaired) electrons. The second-order valence-corrected chi connectivity index (χ2v) is 4.56. The number of amides is 1. The number of pyridine rings is 1. The fourth-order valence-corrected chi connectivity index (χ4v) is 2.12. The van der Waals surface area contributed by atoms with Crippen molar-refractivity contribution in [1.82, 2.24) is 9.88 Å². The van der Waals surface area contributed by atoms with Crippen LogP contribution in [-0.4, -0.2) is 48.1 Å². The van der Waals surface area contributed by atoms with Gasteiger partial charge in [0, 0.05) is 19.3 Å². The molecule has 1 amide bonds. The summed E-state index contributed by atoms with van der Waals surface area (Å²) in [6.45, 7) is 4.09. The highest BCUT2D eigenvalue weighted by atomic mass is 16.5. The molecule has 1 atom stereocenters. The van der Waals surface area contributed by atoms with E-state index in [1.54, 1.807) is 23.2 Å². The van der Waals surface area contributed by atoms with Crippen molar-refractivity contribution in [2.45, 2.75) is 19.4 Å². The molecule has 0 spiro atoms. The molecule has 0 bridgehead atoms. The summed E-state index contributed by atoms with van der Waals surface area (Å²) >= 11 is 0. The quantitative estimate of drug-likeness (QED) is 0.803. The molecule has 1 aliphatic heterocycles. The second-order valence-electron chi connectivity index (χ2n) is 4.56. The molecule has 1 aromatic rings. The third-order valence-corrected chi connectivity index (χ3v) is 3.22. The van der Waals surface area contributed by atoms with E-state index in [-0.39, 0.29) is 18.6 Å². The summed E-state index contributed by atoms with van der Waals surface area (Å²) in [6, 6.07) is 3.56. The van der Waals surface area contributed by atoms with Crippen molar-refractivity contribution in [3.8, 4) is 11.8 Å². The van der Waals surface area contributed by atoms with Gasteiger partial charge in [0.1, 0.15) is 5.69 Å². The van der Waals surface area contributed by atoms with Crippen LogP contribution in [0.5, 0.6) is 0 Å². The van der Waals surface area contributed by atoms with Crippen LogP contribution in [0.25, 0.3) is 0 Å². The zero-order chi connectivity index (χ0) is 14.4. The Morgan fingerprint density at radius 3 is 3.25 bits per heavy atom. The van der Waals surface area contributed by atoms with Crippen LogP contribution in [-0.2, 0) is 4.74 Å². The maximum atomic E-state index is 12.6. The third kappa shape index (κ3) is 3.35. The molecule has 0 aromatic carbocycles. The zero-order valence-corrected chi connectivity index (χ0v) is 11.6. The van der Waals surface area contributed by atoms with Crippen LogP contribution in [0.4, 0.5) is 0 Å². The summed E-state index contributed by atoms with van der Waals surface area (Å²) in [7, 11) is 0. The first-order valence-corrected chi connectivity index (χ1v) is 6.81. The summed E-state index contributed by atoms with van der Waals surface area (Å²) in [6.07, 6.45) is 2.61. The van der Waals surface area contributed by atoms with E-state index < -0.39 is 0 Å². The summed E-state index contributed by atoms with van der Waals surface area (Å²) in [5, 5.41) is 0. The number of rotatable bonds is 2. The van der Waals surface area contributed by atoms with E-state index in [1.807, 2.05) is 0 Å². The van der Waals surface area contributed by atoms with E-state index >= 15 is 0 Å². The van der Waals surface area contributed by atoms with Crippen LogP contribution in [0.15, 0.2) is 18.3 Å². The minimum absolute atomic E-state index is 0.0892. The van der Waals surface area contributed by atoms with E-state index in [0.29, 0.717) is 31.0 Å². The normalized spacial score (nSPS) is 18.3. The number of aromatic nitrogens is 1. The largest absolute Gasteiger partial charge is 0.375 e. The molecular formula is C15H19N3O2. The van der Waals surface area contributed by atoms with Gasteiger partial charge in [0.05, 0.1) is 24.8 Å². The minimum atomic E-state index is -0.0892. The van der Waals surface area contributed by atoms with Crippen molar-refractivity contribution < 1.29 is 9.53 Å². The topological polar surface area (TPSA) is 68.5 Å². The van der Waals surface area contributed by atoms with Crippen molar-refractivity contribution in [1.29, 1.82) is 0 Å². The van der Waals surface area contributed by atoms with Crippen LogP contribution in [0.2, 0.25) is 0 Å². The average Bonchev–Trinajstić information content (AvgIpc) is 2.52. The Bertz CT molecular complexity index is 533. The standard InChI is InChI=1S/C15H19N3O2/c1-2-13-11-18(9-10-20-13)15(19)14-12(5-3-7-16)6-4-8-17-14/h4,6,8,13H,2,7,9-11,16H2,1H3. The number of nitrogens with two attached hydrogens (primary N) is 1. The van der Waals surface area contributed by atoms with Crippen LogP contribution in [0.3, 0.4) is 0 Å². The van der Waals surface area contributed by atoms with Gasteiger partial charge in [0.2, 0.25) is 0 Å². The lowest BCUT2D eigenvalue weighted by Gasteiger charge is -2.32. The van der Waals surface area contributed by atoms with Crippen LogP contribution in [0.1, 0.15) is 29.4 Å². The molecule has 0 aliphatic carbocycles. The van der Waals surface area contributed by atoms with Gasteiger partial charge in [-0.2, -0.15) is 0 Å². The predicted molar refractivity (Wildman–Crippen MR) is 76.1 cm³/mol. The highest BCUT2D eigenvalue weighted by molar-refractivity contribution is 5.94. The zero-order valence-electron chi connectivity index (χ0n) is 11.6. The molecular weight excluding hydrogens is 254 g/mol. The smallest absolute Gasteiger partial charge is 0.273 e. The maximum absolute atomic E-state index is 12.6. The van der Waals surface area contributed by atoms with Gasteiger partial charge < -0.3 is 15.4 Å². The van der Waals surface area contributed by atoms with Crippen molar-refractivity contribution in [2.24, 2.45) is 5.73 Å². The van der Waals surface area contributed by atoms with Gasteiger partial charge in [-0.3, -0.25) is 4.79 Å². The Kier molecular flexibility index (Phi) is 5.10. The molecule has 1 aromatic heterocycles. The SMILES string of the molecule is CCC1CN(C(=O)c2ncccc2C#CCN)CCO1. The summed E-state index contributed by atoms with van der Waals surface area (Å²) in [5.74, 6) is 5.58. The summed E-state index contributed by atoms with van der Waals surface area (Å²) < 4.78 is 5.58. The summed E-state index contributed by atoms with van der Waals surface area (Å²) in [4.78, 5) is 18.5. The van der Waals surface area contributed by atoms with Gasteiger partial charge in [0.25, 0.3) is 5.91 Å². The number of nitrogens with zero attached hydrogens (tertiary/aromatic N) is 2. The first-order chi connectivity index (χ1) is 9.76. The lowest BCUT2D eigenvalue weighted by molar-refractivity contribution is -0.0228. The summed E-state index contributed by atoms with van der Waals surface area (Å²) in [5.41, 5.74) is 6.40. The highest BCUT2D eigenvalue weighted by Crippen LogP contribution is 2.13. The molecule has 1 aliphatic rings. The third-order valence-electron chi connectivity index (χ3n) is 3.22. The van der Waals surface area contributed by atoms with E-state index in [0.717, 1.165) is 6.42 Å². The van der Waals surface area contributed by atoms with Crippen LogP contribution < -0.4 is 5.73 Å². The van der Waals surface area contributed by atoms with Gasteiger partial charge in [-0.05, 0) is 18.6 Å². The molecule has 2 heterocycles. The highest BCUT2D eigenvalue weighted by Gasteiger charge is 2.25. The number of hydrogen-bond donors (Lipinski definition) is 1. The molecule has 1 unspecified atom stereocenters. The molecule has 5 heteroatoms. The van der Waals surface area contributed by atoms with Gasteiger partial charge in [0.15, 0.2) is 0 Å². The minimum Gasteiger partial charge on any atom is -0.375 e. The number of carbonyl (C=O) groups excluding carboxylic acids is 1. The molecule has 1 saturated heterocycles. The lowest BCUT2D eigenvalue weighted by atomic mass is 10.1. The predicted octanol–water partition coefficient (Wildman–Crippen LogP) is 0.643. The van der Waals surface area contributed by atoms with E-state index in [1.165, 1.54) is 0 Å². The molecule has 106 valence electrons. The Morgan fingerprint density at radius 2 is 2.50 bits per heavy atom. The number of hydrogen-bond acceptors (Lipinski definition) is 4. The molecule has 2 rings (SSSR count). The van der Waals surface area contributed by atoms with E-state index in [9.17, 15) is 4.79 Å². The van der Waals surface area contributed by atoms with Crippen molar-refractivity contribution in [3.63, 3.8) is 0 Å². The average molecular weight is 273 g/mol. The molecule has 20 heavy (non-hydrogen) atoms.